The Hall–Kier alpha value is -4.44. The molecule has 10 heteroatoms. The molecule has 1 heterocycles. The number of hydrogen-bond acceptors (Lipinski definition) is 10. The molecule has 286 valence electrons. The van der Waals surface area contributed by atoms with Crippen LogP contribution in [-0.4, -0.2) is 35.4 Å². The van der Waals surface area contributed by atoms with Crippen molar-refractivity contribution in [1.82, 2.24) is 0 Å². The molecule has 6 rings (SSSR count). The molecule has 9 nitrogen and oxygen atoms in total. The first-order chi connectivity index (χ1) is 26.1. The van der Waals surface area contributed by atoms with E-state index in [0.29, 0.717) is 73.5 Å². The van der Waals surface area contributed by atoms with E-state index in [9.17, 15) is 24.0 Å². The van der Waals surface area contributed by atoms with Crippen molar-refractivity contribution in [3.63, 3.8) is 0 Å². The van der Waals surface area contributed by atoms with Gasteiger partial charge >= 0.3 is 23.9 Å². The van der Waals surface area contributed by atoms with Gasteiger partial charge in [-0.2, -0.15) is 0 Å². The number of hydrogen-bond donors (Lipinski definition) is 0. The lowest BCUT2D eigenvalue weighted by atomic mass is 9.82. The summed E-state index contributed by atoms with van der Waals surface area (Å²) in [5, 5.41) is 0. The van der Waals surface area contributed by atoms with Gasteiger partial charge in [0.25, 0.3) is 0 Å². The van der Waals surface area contributed by atoms with Gasteiger partial charge in [0.2, 0.25) is 0 Å². The Morgan fingerprint density at radius 3 is 1.33 bits per heavy atom. The summed E-state index contributed by atoms with van der Waals surface area (Å²) in [7, 11) is 0. The van der Waals surface area contributed by atoms with Crippen LogP contribution in [0.15, 0.2) is 65.6 Å². The van der Waals surface area contributed by atoms with Crippen LogP contribution in [0.2, 0.25) is 0 Å². The highest BCUT2D eigenvalue weighted by Gasteiger charge is 2.37. The second-order valence-corrected chi connectivity index (χ2v) is 15.9. The lowest BCUT2D eigenvalue weighted by molar-refractivity contribution is -0.145. The van der Waals surface area contributed by atoms with Gasteiger partial charge in [-0.15, -0.1) is 11.8 Å². The summed E-state index contributed by atoms with van der Waals surface area (Å²) in [6.45, 7) is 6.07. The van der Waals surface area contributed by atoms with Crippen LogP contribution in [0.3, 0.4) is 0 Å². The number of aryl methyl sites for hydroxylation is 2. The van der Waals surface area contributed by atoms with Crippen LogP contribution < -0.4 is 18.9 Å². The molecule has 1 unspecified atom stereocenters. The monoisotopic (exact) mass is 754 g/mol. The molecule has 0 radical (unpaired) electrons. The largest absolute Gasteiger partial charge is 0.426 e. The number of ketones is 1. The Morgan fingerprint density at radius 1 is 0.556 bits per heavy atom. The van der Waals surface area contributed by atoms with Crippen molar-refractivity contribution in [2.24, 2.45) is 29.6 Å². The fourth-order valence-electron chi connectivity index (χ4n) is 7.56. The lowest BCUT2D eigenvalue weighted by Crippen LogP contribution is -2.31. The molecule has 0 saturated heterocycles. The highest BCUT2D eigenvalue weighted by atomic mass is 32.2. The van der Waals surface area contributed by atoms with Gasteiger partial charge in [-0.25, -0.2) is 0 Å². The lowest BCUT2D eigenvalue weighted by Gasteiger charge is -2.28. The standard InChI is InChI=1S/C44H50O9S/c1-4-6-28-8-20-34(21-9-28)50-41(46)30-12-16-32(17-13-30)43(48)52-36-24-25-37(40-38(36)39(45)27(3)26-54-40)53-44(49)33-18-14-31(15-19-33)42(47)51-35-22-10-29(7-5-2)11-23-35/h8-11,20-25,27,30-33H,4-7,12-19,26H2,1-3H3. The highest BCUT2D eigenvalue weighted by molar-refractivity contribution is 7.99. The Balaban J connectivity index is 1.02. The van der Waals surface area contributed by atoms with Gasteiger partial charge in [0.15, 0.2) is 5.78 Å². The molecule has 0 aromatic heterocycles. The summed E-state index contributed by atoms with van der Waals surface area (Å²) in [6.07, 6.45) is 7.98. The molecule has 3 aliphatic rings. The second kappa shape index (κ2) is 18.3. The zero-order valence-corrected chi connectivity index (χ0v) is 32.3. The molecule has 2 fully saturated rings. The van der Waals surface area contributed by atoms with Crippen molar-refractivity contribution in [1.29, 1.82) is 0 Å². The van der Waals surface area contributed by atoms with Gasteiger partial charge in [0.1, 0.15) is 23.0 Å². The van der Waals surface area contributed by atoms with Gasteiger partial charge in [0, 0.05) is 11.7 Å². The summed E-state index contributed by atoms with van der Waals surface area (Å²) >= 11 is 1.41. The van der Waals surface area contributed by atoms with Crippen LogP contribution in [0.25, 0.3) is 0 Å². The number of fused-ring (bicyclic) bond motifs is 1. The van der Waals surface area contributed by atoms with Gasteiger partial charge in [-0.3, -0.25) is 24.0 Å². The molecule has 0 bridgehead atoms. The van der Waals surface area contributed by atoms with E-state index in [-0.39, 0.29) is 52.5 Å². The first kappa shape index (κ1) is 39.3. The molecule has 1 aliphatic heterocycles. The Bertz CT molecular complexity index is 1820. The molecular weight excluding hydrogens is 705 g/mol. The van der Waals surface area contributed by atoms with Crippen LogP contribution in [-0.2, 0) is 32.0 Å². The van der Waals surface area contributed by atoms with Crippen LogP contribution >= 0.6 is 11.8 Å². The topological polar surface area (TPSA) is 122 Å². The number of carbonyl (C=O) groups is 5. The van der Waals surface area contributed by atoms with Crippen molar-refractivity contribution >= 4 is 41.4 Å². The smallest absolute Gasteiger partial charge is 0.314 e. The highest BCUT2D eigenvalue weighted by Crippen LogP contribution is 2.45. The van der Waals surface area contributed by atoms with E-state index in [1.807, 2.05) is 55.5 Å². The molecule has 3 aromatic rings. The molecule has 2 aliphatic carbocycles. The number of rotatable bonds is 12. The maximum Gasteiger partial charge on any atom is 0.314 e. The van der Waals surface area contributed by atoms with Gasteiger partial charge in [-0.1, -0.05) is 57.9 Å². The molecule has 3 aromatic carbocycles. The number of Topliss-reactive ketones (excluding diaryl/α,β-unsaturated/α-hetero) is 1. The summed E-state index contributed by atoms with van der Waals surface area (Å²) in [5.41, 5.74) is 2.65. The molecule has 0 amide bonds. The van der Waals surface area contributed by atoms with E-state index in [4.69, 9.17) is 18.9 Å². The molecule has 0 N–H and O–H groups in total. The number of carbonyl (C=O) groups excluding carboxylic acids is 5. The van der Waals surface area contributed by atoms with Crippen molar-refractivity contribution in [3.05, 3.63) is 77.4 Å². The molecular formula is C44H50O9S. The predicted molar refractivity (Wildman–Crippen MR) is 205 cm³/mol. The Kier molecular flexibility index (Phi) is 13.3. The third kappa shape index (κ3) is 9.61. The third-order valence-corrected chi connectivity index (χ3v) is 12.2. The quantitative estimate of drug-likeness (QED) is 0.131. The van der Waals surface area contributed by atoms with E-state index in [2.05, 4.69) is 13.8 Å². The third-order valence-electron chi connectivity index (χ3n) is 10.8. The summed E-state index contributed by atoms with van der Waals surface area (Å²) in [6, 6.07) is 18.3. The number of esters is 4. The van der Waals surface area contributed by atoms with Crippen LogP contribution in [0.4, 0.5) is 0 Å². The predicted octanol–water partition coefficient (Wildman–Crippen LogP) is 9.15. The van der Waals surface area contributed by atoms with E-state index >= 15 is 0 Å². The molecule has 0 spiro atoms. The average Bonchev–Trinajstić information content (AvgIpc) is 3.18. The number of thioether (sulfide) groups is 1. The van der Waals surface area contributed by atoms with E-state index < -0.39 is 23.8 Å². The first-order valence-corrected chi connectivity index (χ1v) is 20.5. The van der Waals surface area contributed by atoms with Gasteiger partial charge in [-0.05, 0) is 112 Å². The molecule has 54 heavy (non-hydrogen) atoms. The fourth-order valence-corrected chi connectivity index (χ4v) is 8.72. The minimum atomic E-state index is -0.444. The average molecular weight is 755 g/mol. The SMILES string of the molecule is CCCc1ccc(OC(=O)C2CCC(C(=O)Oc3ccc(OC(=O)C4CCC(C(=O)Oc5ccc(CCC)cc5)CC4)c4c3SCC(C)C4=O)CC2)cc1. The minimum absolute atomic E-state index is 0.158. The van der Waals surface area contributed by atoms with Crippen molar-refractivity contribution < 1.29 is 42.9 Å². The minimum Gasteiger partial charge on any atom is -0.426 e. The van der Waals surface area contributed by atoms with Crippen LogP contribution in [0.5, 0.6) is 23.0 Å². The van der Waals surface area contributed by atoms with Crippen molar-refractivity contribution in [3.8, 4) is 23.0 Å². The van der Waals surface area contributed by atoms with E-state index in [1.54, 1.807) is 6.07 Å². The molecule has 2 saturated carbocycles. The summed E-state index contributed by atoms with van der Waals surface area (Å²) < 4.78 is 23.1. The van der Waals surface area contributed by atoms with Crippen molar-refractivity contribution in [2.45, 2.75) is 103 Å². The van der Waals surface area contributed by atoms with E-state index in [1.165, 1.54) is 29.0 Å². The van der Waals surface area contributed by atoms with Crippen molar-refractivity contribution in [2.75, 3.05) is 5.75 Å². The second-order valence-electron chi connectivity index (χ2n) is 14.9. The molecule has 1 atom stereocenters. The summed E-state index contributed by atoms with van der Waals surface area (Å²) in [5.74, 6) is -1.33. The fraction of sp³-hybridized carbons (Fsp3) is 0.477. The van der Waals surface area contributed by atoms with Gasteiger partial charge < -0.3 is 18.9 Å². The van der Waals surface area contributed by atoms with Gasteiger partial charge in [0.05, 0.1) is 34.1 Å². The summed E-state index contributed by atoms with van der Waals surface area (Å²) in [4.78, 5) is 66.5. The maximum atomic E-state index is 13.5. The Labute approximate surface area is 321 Å². The van der Waals surface area contributed by atoms with Crippen LogP contribution in [0.1, 0.15) is 106 Å². The zero-order valence-electron chi connectivity index (χ0n) is 31.4. The zero-order chi connectivity index (χ0) is 38.2. The van der Waals surface area contributed by atoms with E-state index in [0.717, 1.165) is 25.7 Å². The van der Waals surface area contributed by atoms with Crippen LogP contribution in [0, 0.1) is 29.6 Å². The number of benzene rings is 3. The normalized spacial score (nSPS) is 22.4. The maximum absolute atomic E-state index is 13.5. The first-order valence-electron chi connectivity index (χ1n) is 19.5. The Morgan fingerprint density at radius 2 is 0.926 bits per heavy atom. The number of ether oxygens (including phenoxy) is 4.